The number of nitrogens with one attached hydrogen (secondary N) is 2. The summed E-state index contributed by atoms with van der Waals surface area (Å²) in [4.78, 5) is 23.2. The van der Waals surface area contributed by atoms with Crippen LogP contribution in [0.2, 0.25) is 0 Å². The summed E-state index contributed by atoms with van der Waals surface area (Å²) in [6.07, 6.45) is 1.18. The minimum atomic E-state index is -0.967. The predicted octanol–water partition coefficient (Wildman–Crippen LogP) is 0.601. The quantitative estimate of drug-likeness (QED) is 0.659. The van der Waals surface area contributed by atoms with Gasteiger partial charge in [0.1, 0.15) is 6.04 Å². The van der Waals surface area contributed by atoms with E-state index < -0.39 is 17.4 Å². The molecule has 2 atom stereocenters. The second-order valence-corrected chi connectivity index (χ2v) is 5.01. The van der Waals surface area contributed by atoms with E-state index in [0.29, 0.717) is 13.0 Å². The Morgan fingerprint density at radius 2 is 2.12 bits per heavy atom. The third-order valence-electron chi connectivity index (χ3n) is 3.76. The van der Waals surface area contributed by atoms with Crippen LogP contribution in [0.15, 0.2) is 0 Å². The smallest absolute Gasteiger partial charge is 0.326 e. The zero-order chi connectivity index (χ0) is 13.1. The van der Waals surface area contributed by atoms with Crippen molar-refractivity contribution in [2.45, 2.75) is 39.7 Å². The maximum Gasteiger partial charge on any atom is 0.326 e. The molecular formula is C12H22N2O3. The molecule has 0 spiro atoms. The number of carbonyl (C=O) groups is 2. The lowest BCUT2D eigenvalue weighted by Crippen LogP contribution is -2.51. The van der Waals surface area contributed by atoms with E-state index in [2.05, 4.69) is 10.6 Å². The molecule has 5 nitrogen and oxygen atoms in total. The molecule has 0 bridgehead atoms. The van der Waals surface area contributed by atoms with Gasteiger partial charge in [-0.05, 0) is 25.3 Å². The number of carboxylic acid groups (broad SMARTS) is 1. The second kappa shape index (κ2) is 5.49. The summed E-state index contributed by atoms with van der Waals surface area (Å²) in [5.41, 5.74) is -0.455. The second-order valence-electron chi connectivity index (χ2n) is 5.01. The van der Waals surface area contributed by atoms with Crippen LogP contribution >= 0.6 is 0 Å². The fourth-order valence-electron chi connectivity index (χ4n) is 2.30. The first-order valence-corrected chi connectivity index (χ1v) is 6.18. The van der Waals surface area contributed by atoms with Gasteiger partial charge >= 0.3 is 5.97 Å². The largest absolute Gasteiger partial charge is 0.480 e. The molecule has 5 heteroatoms. The average molecular weight is 242 g/mol. The Balaban J connectivity index is 2.76. The highest BCUT2D eigenvalue weighted by Crippen LogP contribution is 2.34. The summed E-state index contributed by atoms with van der Waals surface area (Å²) in [6.45, 7) is 7.22. The van der Waals surface area contributed by atoms with Gasteiger partial charge in [0.2, 0.25) is 5.91 Å². The van der Waals surface area contributed by atoms with Gasteiger partial charge in [-0.25, -0.2) is 4.79 Å². The summed E-state index contributed by atoms with van der Waals surface area (Å²) in [6, 6.07) is -0.779. The van der Waals surface area contributed by atoms with Crippen LogP contribution in [0.3, 0.4) is 0 Å². The molecule has 17 heavy (non-hydrogen) atoms. The maximum atomic E-state index is 12.3. The maximum absolute atomic E-state index is 12.3. The molecule has 2 unspecified atom stereocenters. The summed E-state index contributed by atoms with van der Waals surface area (Å²) in [7, 11) is 0. The van der Waals surface area contributed by atoms with Crippen molar-refractivity contribution in [1.29, 1.82) is 0 Å². The molecule has 98 valence electrons. The third-order valence-corrected chi connectivity index (χ3v) is 3.76. The molecule has 0 aromatic rings. The van der Waals surface area contributed by atoms with E-state index >= 15 is 0 Å². The van der Waals surface area contributed by atoms with Crippen molar-refractivity contribution < 1.29 is 14.7 Å². The summed E-state index contributed by atoms with van der Waals surface area (Å²) in [5.74, 6) is -0.902. The van der Waals surface area contributed by atoms with E-state index in [4.69, 9.17) is 5.11 Å². The number of rotatable bonds is 5. The highest BCUT2D eigenvalue weighted by molar-refractivity contribution is 5.88. The van der Waals surface area contributed by atoms with Gasteiger partial charge in [0, 0.05) is 6.54 Å². The summed E-state index contributed by atoms with van der Waals surface area (Å²) in [5, 5.41) is 14.8. The van der Waals surface area contributed by atoms with Crippen LogP contribution in [0.5, 0.6) is 0 Å². The Hall–Kier alpha value is -1.10. The number of hydrogen-bond donors (Lipinski definition) is 3. The molecule has 1 rings (SSSR count). The standard InChI is InChI=1S/C12H22N2O3/c1-4-9(10(15)16)14-11(17)12(8(2)3)5-6-13-7-12/h8-9,13H,4-7H2,1-3H3,(H,14,17)(H,15,16). The van der Waals surface area contributed by atoms with Gasteiger partial charge in [-0.3, -0.25) is 4.79 Å². The monoisotopic (exact) mass is 242 g/mol. The lowest BCUT2D eigenvalue weighted by Gasteiger charge is -2.32. The molecule has 1 aliphatic rings. The first kappa shape index (κ1) is 14.0. The first-order chi connectivity index (χ1) is 7.94. The molecule has 3 N–H and O–H groups in total. The molecule has 0 aromatic carbocycles. The van der Waals surface area contributed by atoms with Crippen LogP contribution in [0, 0.1) is 11.3 Å². The number of hydrogen-bond acceptors (Lipinski definition) is 3. The fourth-order valence-corrected chi connectivity index (χ4v) is 2.30. The van der Waals surface area contributed by atoms with Gasteiger partial charge in [0.15, 0.2) is 0 Å². The van der Waals surface area contributed by atoms with Crippen molar-refractivity contribution in [3.63, 3.8) is 0 Å². The Morgan fingerprint density at radius 3 is 2.47 bits per heavy atom. The van der Waals surface area contributed by atoms with E-state index in [9.17, 15) is 9.59 Å². The zero-order valence-corrected chi connectivity index (χ0v) is 10.7. The van der Waals surface area contributed by atoms with Crippen LogP contribution in [-0.4, -0.2) is 36.1 Å². The molecule has 1 amide bonds. The van der Waals surface area contributed by atoms with Crippen molar-refractivity contribution in [3.8, 4) is 0 Å². The highest BCUT2D eigenvalue weighted by Gasteiger charge is 2.44. The Labute approximate surface area is 102 Å². The topological polar surface area (TPSA) is 78.4 Å². The molecule has 0 saturated carbocycles. The average Bonchev–Trinajstić information content (AvgIpc) is 2.75. The Bertz CT molecular complexity index is 296. The third kappa shape index (κ3) is 2.77. The SMILES string of the molecule is CCC(NC(=O)C1(C(C)C)CCNC1)C(=O)O. The molecule has 1 aliphatic heterocycles. The molecule has 0 radical (unpaired) electrons. The normalized spacial score (nSPS) is 25.9. The summed E-state index contributed by atoms with van der Waals surface area (Å²) < 4.78 is 0. The number of carbonyl (C=O) groups excluding carboxylic acids is 1. The molecule has 1 saturated heterocycles. The van der Waals surface area contributed by atoms with Crippen molar-refractivity contribution >= 4 is 11.9 Å². The van der Waals surface area contributed by atoms with E-state index in [1.54, 1.807) is 6.92 Å². The van der Waals surface area contributed by atoms with E-state index in [-0.39, 0.29) is 11.8 Å². The van der Waals surface area contributed by atoms with Gasteiger partial charge in [0.25, 0.3) is 0 Å². The van der Waals surface area contributed by atoms with Gasteiger partial charge < -0.3 is 15.7 Å². The number of aliphatic carboxylic acids is 1. The first-order valence-electron chi connectivity index (χ1n) is 6.18. The van der Waals surface area contributed by atoms with E-state index in [1.165, 1.54) is 0 Å². The van der Waals surface area contributed by atoms with Crippen LogP contribution in [0.4, 0.5) is 0 Å². The lowest BCUT2D eigenvalue weighted by atomic mass is 9.75. The molecule has 0 aliphatic carbocycles. The molecular weight excluding hydrogens is 220 g/mol. The van der Waals surface area contributed by atoms with Gasteiger partial charge in [0.05, 0.1) is 5.41 Å². The molecule has 1 fully saturated rings. The zero-order valence-electron chi connectivity index (χ0n) is 10.7. The van der Waals surface area contributed by atoms with Crippen LogP contribution in [0.1, 0.15) is 33.6 Å². The van der Waals surface area contributed by atoms with Crippen molar-refractivity contribution in [2.75, 3.05) is 13.1 Å². The van der Waals surface area contributed by atoms with Crippen LogP contribution in [0.25, 0.3) is 0 Å². The predicted molar refractivity (Wildman–Crippen MR) is 64.6 cm³/mol. The Morgan fingerprint density at radius 1 is 1.47 bits per heavy atom. The van der Waals surface area contributed by atoms with Gasteiger partial charge in [-0.15, -0.1) is 0 Å². The van der Waals surface area contributed by atoms with Crippen LogP contribution in [-0.2, 0) is 9.59 Å². The molecule has 0 aromatic heterocycles. The summed E-state index contributed by atoms with van der Waals surface area (Å²) >= 11 is 0. The number of carboxylic acids is 1. The van der Waals surface area contributed by atoms with Crippen molar-refractivity contribution in [3.05, 3.63) is 0 Å². The van der Waals surface area contributed by atoms with Gasteiger partial charge in [-0.1, -0.05) is 20.8 Å². The Kier molecular flexibility index (Phi) is 4.51. The highest BCUT2D eigenvalue weighted by atomic mass is 16.4. The minimum Gasteiger partial charge on any atom is -0.480 e. The van der Waals surface area contributed by atoms with Crippen molar-refractivity contribution in [2.24, 2.45) is 11.3 Å². The van der Waals surface area contributed by atoms with E-state index in [0.717, 1.165) is 13.0 Å². The van der Waals surface area contributed by atoms with E-state index in [1.807, 2.05) is 13.8 Å². The fraction of sp³-hybridized carbons (Fsp3) is 0.833. The lowest BCUT2D eigenvalue weighted by molar-refractivity contribution is -0.144. The number of amides is 1. The van der Waals surface area contributed by atoms with Crippen molar-refractivity contribution in [1.82, 2.24) is 10.6 Å². The minimum absolute atomic E-state index is 0.133. The van der Waals surface area contributed by atoms with Gasteiger partial charge in [-0.2, -0.15) is 0 Å². The molecule has 1 heterocycles. The van der Waals surface area contributed by atoms with Crippen LogP contribution < -0.4 is 10.6 Å².